The fraction of sp³-hybridized carbons (Fsp3) is 1.00. The normalized spacial score (nSPS) is 32.5. The third-order valence-electron chi connectivity index (χ3n) is 3.09. The summed E-state index contributed by atoms with van der Waals surface area (Å²) in [5.41, 5.74) is 0. The fourth-order valence-corrected chi connectivity index (χ4v) is 1.97. The Labute approximate surface area is 81.7 Å². The zero-order valence-corrected chi connectivity index (χ0v) is 8.92. The second kappa shape index (κ2) is 5.61. The Morgan fingerprint density at radius 2 is 2.00 bits per heavy atom. The van der Waals surface area contributed by atoms with E-state index in [0.717, 1.165) is 19.3 Å². The van der Waals surface area contributed by atoms with Crippen LogP contribution in [0.4, 0.5) is 0 Å². The van der Waals surface area contributed by atoms with Crippen molar-refractivity contribution >= 4 is 0 Å². The third-order valence-corrected chi connectivity index (χ3v) is 3.09. The van der Waals surface area contributed by atoms with Crippen LogP contribution in [0.25, 0.3) is 0 Å². The summed E-state index contributed by atoms with van der Waals surface area (Å²) < 4.78 is 0. The van der Waals surface area contributed by atoms with E-state index in [1.165, 1.54) is 19.3 Å². The van der Waals surface area contributed by atoms with Crippen LogP contribution in [0.3, 0.4) is 0 Å². The standard InChI is InChI=1S/C11H23NO/c1-3-9(2)12-10-7-5-4-6-8-11(10)13/h9-13H,3-8H2,1-2H3. The molecule has 2 nitrogen and oxygen atoms in total. The van der Waals surface area contributed by atoms with Gasteiger partial charge in [0.1, 0.15) is 0 Å². The first kappa shape index (κ1) is 11.0. The fourth-order valence-electron chi connectivity index (χ4n) is 1.97. The highest BCUT2D eigenvalue weighted by molar-refractivity contribution is 4.80. The van der Waals surface area contributed by atoms with Crippen LogP contribution >= 0.6 is 0 Å². The number of nitrogens with one attached hydrogen (secondary N) is 1. The molecule has 0 aromatic rings. The Bertz CT molecular complexity index is 138. The number of hydrogen-bond donors (Lipinski definition) is 2. The molecule has 3 atom stereocenters. The van der Waals surface area contributed by atoms with Crippen molar-refractivity contribution in [2.75, 3.05) is 0 Å². The number of aliphatic hydroxyl groups is 1. The average Bonchev–Trinajstić information content (AvgIpc) is 2.32. The predicted molar refractivity (Wildman–Crippen MR) is 55.8 cm³/mol. The van der Waals surface area contributed by atoms with Gasteiger partial charge in [0.15, 0.2) is 0 Å². The van der Waals surface area contributed by atoms with Gasteiger partial charge in [0, 0.05) is 12.1 Å². The molecule has 1 fully saturated rings. The maximum absolute atomic E-state index is 9.83. The highest BCUT2D eigenvalue weighted by atomic mass is 16.3. The minimum absolute atomic E-state index is 0.114. The van der Waals surface area contributed by atoms with Crippen LogP contribution in [-0.4, -0.2) is 23.3 Å². The van der Waals surface area contributed by atoms with Gasteiger partial charge >= 0.3 is 0 Å². The second-order valence-electron chi connectivity index (χ2n) is 4.29. The Morgan fingerprint density at radius 1 is 1.31 bits per heavy atom. The Balaban J connectivity index is 2.35. The van der Waals surface area contributed by atoms with E-state index in [1.807, 2.05) is 0 Å². The Kier molecular flexibility index (Phi) is 4.74. The molecule has 0 spiro atoms. The minimum atomic E-state index is -0.114. The Hall–Kier alpha value is -0.0800. The molecule has 0 radical (unpaired) electrons. The van der Waals surface area contributed by atoms with Crippen LogP contribution < -0.4 is 5.32 Å². The van der Waals surface area contributed by atoms with Gasteiger partial charge in [0.05, 0.1) is 6.10 Å². The highest BCUT2D eigenvalue weighted by Crippen LogP contribution is 2.18. The van der Waals surface area contributed by atoms with Crippen LogP contribution in [0.5, 0.6) is 0 Å². The highest BCUT2D eigenvalue weighted by Gasteiger charge is 2.21. The molecule has 0 saturated heterocycles. The van der Waals surface area contributed by atoms with Crippen LogP contribution in [0.2, 0.25) is 0 Å². The molecule has 0 heterocycles. The van der Waals surface area contributed by atoms with Crippen molar-refractivity contribution in [3.05, 3.63) is 0 Å². The van der Waals surface area contributed by atoms with Gasteiger partial charge in [-0.3, -0.25) is 0 Å². The lowest BCUT2D eigenvalue weighted by Crippen LogP contribution is -2.43. The molecule has 13 heavy (non-hydrogen) atoms. The summed E-state index contributed by atoms with van der Waals surface area (Å²) in [6, 6.07) is 0.884. The van der Waals surface area contributed by atoms with E-state index in [0.29, 0.717) is 12.1 Å². The van der Waals surface area contributed by atoms with Crippen molar-refractivity contribution < 1.29 is 5.11 Å². The van der Waals surface area contributed by atoms with Gasteiger partial charge in [-0.2, -0.15) is 0 Å². The van der Waals surface area contributed by atoms with Gasteiger partial charge in [-0.05, 0) is 26.2 Å². The molecule has 2 N–H and O–H groups in total. The van der Waals surface area contributed by atoms with Crippen molar-refractivity contribution in [3.8, 4) is 0 Å². The van der Waals surface area contributed by atoms with Gasteiger partial charge in [-0.1, -0.05) is 26.2 Å². The summed E-state index contributed by atoms with van der Waals surface area (Å²) in [4.78, 5) is 0. The molecule has 78 valence electrons. The number of aliphatic hydroxyl groups excluding tert-OH is 1. The third kappa shape index (κ3) is 3.65. The SMILES string of the molecule is CCC(C)NC1CCCCCC1O. The summed E-state index contributed by atoms with van der Waals surface area (Å²) in [7, 11) is 0. The van der Waals surface area contributed by atoms with Gasteiger partial charge in [-0.15, -0.1) is 0 Å². The average molecular weight is 185 g/mol. The lowest BCUT2D eigenvalue weighted by Gasteiger charge is -2.25. The zero-order chi connectivity index (χ0) is 9.68. The van der Waals surface area contributed by atoms with Crippen molar-refractivity contribution in [1.29, 1.82) is 0 Å². The van der Waals surface area contributed by atoms with Crippen LogP contribution in [-0.2, 0) is 0 Å². The van der Waals surface area contributed by atoms with E-state index in [2.05, 4.69) is 19.2 Å². The van der Waals surface area contributed by atoms with Crippen molar-refractivity contribution in [1.82, 2.24) is 5.32 Å². The largest absolute Gasteiger partial charge is 0.392 e. The van der Waals surface area contributed by atoms with E-state index in [9.17, 15) is 5.11 Å². The van der Waals surface area contributed by atoms with Gasteiger partial charge in [0.2, 0.25) is 0 Å². The quantitative estimate of drug-likeness (QED) is 0.660. The summed E-state index contributed by atoms with van der Waals surface area (Å²) in [6.45, 7) is 4.37. The minimum Gasteiger partial charge on any atom is -0.392 e. The molecule has 1 aliphatic rings. The van der Waals surface area contributed by atoms with Gasteiger partial charge in [-0.25, -0.2) is 0 Å². The topological polar surface area (TPSA) is 32.3 Å². The Morgan fingerprint density at radius 3 is 2.69 bits per heavy atom. The summed E-state index contributed by atoms with van der Waals surface area (Å²) >= 11 is 0. The van der Waals surface area contributed by atoms with Gasteiger partial charge in [0.25, 0.3) is 0 Å². The monoisotopic (exact) mass is 185 g/mol. The molecule has 1 rings (SSSR count). The van der Waals surface area contributed by atoms with Crippen molar-refractivity contribution in [3.63, 3.8) is 0 Å². The summed E-state index contributed by atoms with van der Waals surface area (Å²) in [5.74, 6) is 0. The molecule has 0 amide bonds. The molecule has 0 aliphatic heterocycles. The molecule has 0 bridgehead atoms. The first-order chi connectivity index (χ1) is 6.24. The molecule has 0 aromatic heterocycles. The predicted octanol–water partition coefficient (Wildman–Crippen LogP) is 2.07. The first-order valence-electron chi connectivity index (χ1n) is 5.68. The molecular weight excluding hydrogens is 162 g/mol. The second-order valence-corrected chi connectivity index (χ2v) is 4.29. The number of hydrogen-bond acceptors (Lipinski definition) is 2. The van der Waals surface area contributed by atoms with E-state index in [-0.39, 0.29) is 6.10 Å². The molecule has 1 saturated carbocycles. The smallest absolute Gasteiger partial charge is 0.0693 e. The molecule has 0 aromatic carbocycles. The maximum atomic E-state index is 9.83. The lowest BCUT2D eigenvalue weighted by molar-refractivity contribution is 0.114. The van der Waals surface area contributed by atoms with Crippen molar-refractivity contribution in [2.24, 2.45) is 0 Å². The molecular formula is C11H23NO. The van der Waals surface area contributed by atoms with Crippen LogP contribution in [0.1, 0.15) is 52.4 Å². The first-order valence-corrected chi connectivity index (χ1v) is 5.68. The van der Waals surface area contributed by atoms with E-state index in [4.69, 9.17) is 0 Å². The molecule has 3 unspecified atom stereocenters. The zero-order valence-electron chi connectivity index (χ0n) is 8.92. The lowest BCUT2D eigenvalue weighted by atomic mass is 10.0. The van der Waals surface area contributed by atoms with Crippen LogP contribution in [0, 0.1) is 0 Å². The van der Waals surface area contributed by atoms with Gasteiger partial charge < -0.3 is 10.4 Å². The summed E-state index contributed by atoms with van der Waals surface area (Å²) in [5, 5.41) is 13.3. The molecule has 2 heteroatoms. The van der Waals surface area contributed by atoms with E-state index >= 15 is 0 Å². The maximum Gasteiger partial charge on any atom is 0.0693 e. The van der Waals surface area contributed by atoms with E-state index < -0.39 is 0 Å². The number of rotatable bonds is 3. The van der Waals surface area contributed by atoms with Crippen LogP contribution in [0.15, 0.2) is 0 Å². The molecule has 1 aliphatic carbocycles. The van der Waals surface area contributed by atoms with Crippen molar-refractivity contribution in [2.45, 2.75) is 70.6 Å². The summed E-state index contributed by atoms with van der Waals surface area (Å²) in [6.07, 6.45) is 6.90. The van der Waals surface area contributed by atoms with E-state index in [1.54, 1.807) is 0 Å².